The van der Waals surface area contributed by atoms with Crippen LogP contribution in [0.4, 0.5) is 8.78 Å². The Morgan fingerprint density at radius 3 is 1.88 bits per heavy atom. The first-order chi connectivity index (χ1) is 7.76. The van der Waals surface area contributed by atoms with Gasteiger partial charge in [0.15, 0.2) is 0 Å². The van der Waals surface area contributed by atoms with Gasteiger partial charge in [0, 0.05) is 5.92 Å². The van der Waals surface area contributed by atoms with E-state index in [1.165, 1.54) is 13.8 Å². The Hall–Kier alpha value is -0.960. The molecule has 0 saturated carbocycles. The molecule has 0 saturated heterocycles. The van der Waals surface area contributed by atoms with Gasteiger partial charge in [-0.3, -0.25) is 0 Å². The summed E-state index contributed by atoms with van der Waals surface area (Å²) < 4.78 is 25.3. The van der Waals surface area contributed by atoms with Crippen LogP contribution < -0.4 is 0 Å². The zero-order chi connectivity index (χ0) is 13.2. The Morgan fingerprint density at radius 2 is 1.53 bits per heavy atom. The topological polar surface area (TPSA) is 20.2 Å². The van der Waals surface area contributed by atoms with E-state index < -0.39 is 17.9 Å². The average Bonchev–Trinajstić information content (AvgIpc) is 2.27. The van der Waals surface area contributed by atoms with Crippen LogP contribution >= 0.6 is 0 Å². The minimum absolute atomic E-state index is 0.390. The molecule has 17 heavy (non-hydrogen) atoms. The standard InChI is InChI=1S/C14H20F2O/c1-9(2)11-5-7-12(8-6-11)14(4,17)10(3)13(15)16/h5-10,13,17H,1-4H3. The van der Waals surface area contributed by atoms with Gasteiger partial charge >= 0.3 is 0 Å². The molecule has 0 radical (unpaired) electrons. The molecular formula is C14H20F2O. The van der Waals surface area contributed by atoms with E-state index >= 15 is 0 Å². The van der Waals surface area contributed by atoms with E-state index in [-0.39, 0.29) is 0 Å². The first-order valence-corrected chi connectivity index (χ1v) is 5.87. The van der Waals surface area contributed by atoms with Gasteiger partial charge in [0.05, 0.1) is 5.60 Å². The molecule has 0 spiro atoms. The lowest BCUT2D eigenvalue weighted by Crippen LogP contribution is -2.34. The molecule has 96 valence electrons. The van der Waals surface area contributed by atoms with Crippen molar-refractivity contribution in [2.75, 3.05) is 0 Å². The van der Waals surface area contributed by atoms with Crippen molar-refractivity contribution in [1.29, 1.82) is 0 Å². The van der Waals surface area contributed by atoms with Crippen LogP contribution in [0.5, 0.6) is 0 Å². The van der Waals surface area contributed by atoms with Crippen molar-refractivity contribution < 1.29 is 13.9 Å². The van der Waals surface area contributed by atoms with E-state index in [0.717, 1.165) is 5.56 Å². The molecule has 1 N–H and O–H groups in total. The Labute approximate surface area is 101 Å². The first kappa shape index (κ1) is 14.1. The number of aliphatic hydroxyl groups is 1. The molecule has 1 aromatic rings. The van der Waals surface area contributed by atoms with Crippen LogP contribution in [0.1, 0.15) is 44.7 Å². The number of rotatable bonds is 4. The molecule has 0 aliphatic heterocycles. The van der Waals surface area contributed by atoms with Gasteiger partial charge in [-0.05, 0) is 24.0 Å². The molecule has 0 amide bonds. The minimum Gasteiger partial charge on any atom is -0.385 e. The van der Waals surface area contributed by atoms with Crippen LogP contribution in [0, 0.1) is 5.92 Å². The molecule has 0 fully saturated rings. The van der Waals surface area contributed by atoms with Gasteiger partial charge in [-0.25, -0.2) is 8.78 Å². The predicted molar refractivity (Wildman–Crippen MR) is 65.3 cm³/mol. The van der Waals surface area contributed by atoms with Crippen molar-refractivity contribution in [3.8, 4) is 0 Å². The summed E-state index contributed by atoms with van der Waals surface area (Å²) in [5, 5.41) is 10.2. The summed E-state index contributed by atoms with van der Waals surface area (Å²) in [5.74, 6) is -0.700. The summed E-state index contributed by atoms with van der Waals surface area (Å²) in [6, 6.07) is 7.22. The van der Waals surface area contributed by atoms with Crippen molar-refractivity contribution in [2.45, 2.75) is 45.6 Å². The fourth-order valence-electron chi connectivity index (χ4n) is 1.71. The van der Waals surface area contributed by atoms with Crippen molar-refractivity contribution in [1.82, 2.24) is 0 Å². The quantitative estimate of drug-likeness (QED) is 0.848. The molecular weight excluding hydrogens is 222 g/mol. The molecule has 0 bridgehead atoms. The number of benzene rings is 1. The van der Waals surface area contributed by atoms with E-state index in [4.69, 9.17) is 0 Å². The molecule has 2 unspecified atom stereocenters. The van der Waals surface area contributed by atoms with E-state index in [1.54, 1.807) is 12.1 Å². The smallest absolute Gasteiger partial charge is 0.244 e. The number of halogens is 2. The van der Waals surface area contributed by atoms with Gasteiger partial charge in [-0.1, -0.05) is 45.0 Å². The maximum Gasteiger partial charge on any atom is 0.244 e. The number of hydrogen-bond acceptors (Lipinski definition) is 1. The predicted octanol–water partition coefficient (Wildman–Crippen LogP) is 3.92. The van der Waals surface area contributed by atoms with Gasteiger partial charge in [-0.15, -0.1) is 0 Å². The maximum absolute atomic E-state index is 12.7. The molecule has 0 aliphatic rings. The van der Waals surface area contributed by atoms with Crippen LogP contribution in [0.15, 0.2) is 24.3 Å². The molecule has 3 heteroatoms. The molecule has 0 heterocycles. The molecule has 2 atom stereocenters. The summed E-state index contributed by atoms with van der Waals surface area (Å²) in [6.45, 7) is 6.93. The summed E-state index contributed by atoms with van der Waals surface area (Å²) >= 11 is 0. The van der Waals surface area contributed by atoms with Crippen molar-refractivity contribution >= 4 is 0 Å². The third-order valence-corrected chi connectivity index (χ3v) is 3.43. The average molecular weight is 242 g/mol. The van der Waals surface area contributed by atoms with E-state index in [2.05, 4.69) is 13.8 Å². The fraction of sp³-hybridized carbons (Fsp3) is 0.571. The Balaban J connectivity index is 2.99. The summed E-state index contributed by atoms with van der Waals surface area (Å²) in [7, 11) is 0. The second-order valence-electron chi connectivity index (χ2n) is 5.05. The maximum atomic E-state index is 12.7. The van der Waals surface area contributed by atoms with Crippen LogP contribution in [0.25, 0.3) is 0 Å². The number of alkyl halides is 2. The molecule has 0 aliphatic carbocycles. The van der Waals surface area contributed by atoms with Crippen molar-refractivity contribution in [3.05, 3.63) is 35.4 Å². The van der Waals surface area contributed by atoms with Gasteiger partial charge in [0.2, 0.25) is 6.43 Å². The third kappa shape index (κ3) is 3.03. The van der Waals surface area contributed by atoms with Crippen LogP contribution in [-0.2, 0) is 5.60 Å². The van der Waals surface area contributed by atoms with Gasteiger partial charge < -0.3 is 5.11 Å². The van der Waals surface area contributed by atoms with Crippen LogP contribution in [-0.4, -0.2) is 11.5 Å². The lowest BCUT2D eigenvalue weighted by molar-refractivity contribution is -0.0696. The Bertz CT molecular complexity index is 355. The largest absolute Gasteiger partial charge is 0.385 e. The van der Waals surface area contributed by atoms with Gasteiger partial charge in [0.25, 0.3) is 0 Å². The highest BCUT2D eigenvalue weighted by molar-refractivity contribution is 5.28. The second kappa shape index (κ2) is 5.13. The Morgan fingerprint density at radius 1 is 1.06 bits per heavy atom. The minimum atomic E-state index is -2.53. The highest BCUT2D eigenvalue weighted by Crippen LogP contribution is 2.33. The van der Waals surface area contributed by atoms with Crippen LogP contribution in [0.2, 0.25) is 0 Å². The highest BCUT2D eigenvalue weighted by Gasteiger charge is 2.36. The van der Waals surface area contributed by atoms with E-state index in [9.17, 15) is 13.9 Å². The summed E-state index contributed by atoms with van der Waals surface area (Å²) in [4.78, 5) is 0. The summed E-state index contributed by atoms with van der Waals surface area (Å²) in [6.07, 6.45) is -2.53. The molecule has 1 rings (SSSR count). The van der Waals surface area contributed by atoms with Crippen LogP contribution in [0.3, 0.4) is 0 Å². The monoisotopic (exact) mass is 242 g/mol. The lowest BCUT2D eigenvalue weighted by atomic mass is 9.83. The lowest BCUT2D eigenvalue weighted by Gasteiger charge is -2.30. The van der Waals surface area contributed by atoms with Gasteiger partial charge in [-0.2, -0.15) is 0 Å². The van der Waals surface area contributed by atoms with E-state index in [0.29, 0.717) is 11.5 Å². The fourth-order valence-corrected chi connectivity index (χ4v) is 1.71. The highest BCUT2D eigenvalue weighted by atomic mass is 19.3. The van der Waals surface area contributed by atoms with Crippen molar-refractivity contribution in [2.24, 2.45) is 5.92 Å². The second-order valence-corrected chi connectivity index (χ2v) is 5.05. The zero-order valence-electron chi connectivity index (χ0n) is 10.7. The normalized spacial score (nSPS) is 17.2. The first-order valence-electron chi connectivity index (χ1n) is 5.87. The molecule has 0 aromatic heterocycles. The molecule has 1 nitrogen and oxygen atoms in total. The van der Waals surface area contributed by atoms with Crippen molar-refractivity contribution in [3.63, 3.8) is 0 Å². The Kier molecular flexibility index (Phi) is 4.26. The zero-order valence-corrected chi connectivity index (χ0v) is 10.7. The number of hydrogen-bond donors (Lipinski definition) is 1. The van der Waals surface area contributed by atoms with E-state index in [1.807, 2.05) is 12.1 Å². The molecule has 1 aromatic carbocycles. The summed E-state index contributed by atoms with van der Waals surface area (Å²) in [5.41, 5.74) is 0.174. The van der Waals surface area contributed by atoms with Gasteiger partial charge in [0.1, 0.15) is 0 Å². The third-order valence-electron chi connectivity index (χ3n) is 3.43. The SMILES string of the molecule is CC(C)c1ccc(C(C)(O)C(C)C(F)F)cc1.